The molecule has 1 aliphatic rings. The number of aryl methyl sites for hydroxylation is 2. The van der Waals surface area contributed by atoms with Gasteiger partial charge in [0.2, 0.25) is 11.8 Å². The number of rotatable bonds is 5. The summed E-state index contributed by atoms with van der Waals surface area (Å²) in [6, 6.07) is 8.90. The average molecular weight is 384 g/mol. The molecule has 1 aromatic heterocycles. The van der Waals surface area contributed by atoms with Gasteiger partial charge in [-0.1, -0.05) is 23.4 Å². The molecule has 8 nitrogen and oxygen atoms in total. The average Bonchev–Trinajstić information content (AvgIpc) is 3.11. The van der Waals surface area contributed by atoms with Crippen LogP contribution >= 0.6 is 0 Å². The number of nitrogens with one attached hydrogen (secondary N) is 2. The monoisotopic (exact) mass is 384 g/mol. The van der Waals surface area contributed by atoms with Crippen molar-refractivity contribution in [3.63, 3.8) is 0 Å². The van der Waals surface area contributed by atoms with Crippen LogP contribution in [0.1, 0.15) is 34.5 Å². The number of carbonyl (C=O) groups excluding carboxylic acids is 3. The molecule has 2 aromatic rings. The maximum absolute atomic E-state index is 12.4. The molecule has 28 heavy (non-hydrogen) atoms. The molecule has 1 aliphatic heterocycles. The number of carbonyl (C=O) groups is 3. The molecule has 0 aliphatic carbocycles. The highest BCUT2D eigenvalue weighted by atomic mass is 16.5. The van der Waals surface area contributed by atoms with Gasteiger partial charge in [-0.15, -0.1) is 0 Å². The van der Waals surface area contributed by atoms with Crippen LogP contribution in [0.3, 0.4) is 0 Å². The van der Waals surface area contributed by atoms with Gasteiger partial charge in [-0.3, -0.25) is 14.4 Å². The van der Waals surface area contributed by atoms with Crippen molar-refractivity contribution in [2.24, 2.45) is 5.92 Å². The van der Waals surface area contributed by atoms with E-state index < -0.39 is 0 Å². The van der Waals surface area contributed by atoms with Crippen molar-refractivity contribution in [3.8, 4) is 0 Å². The first-order valence-corrected chi connectivity index (χ1v) is 9.30. The van der Waals surface area contributed by atoms with Crippen molar-refractivity contribution in [3.05, 3.63) is 47.2 Å². The lowest BCUT2D eigenvalue weighted by Gasteiger charge is -2.31. The minimum absolute atomic E-state index is 0.0533. The quantitative estimate of drug-likeness (QED) is 0.819. The van der Waals surface area contributed by atoms with E-state index in [-0.39, 0.29) is 30.2 Å². The summed E-state index contributed by atoms with van der Waals surface area (Å²) in [6.07, 6.45) is 1.14. The Bertz CT molecular complexity index is 869. The summed E-state index contributed by atoms with van der Waals surface area (Å²) in [4.78, 5) is 38.6. The molecule has 1 aromatic carbocycles. The first-order valence-electron chi connectivity index (χ1n) is 9.30. The fraction of sp³-hybridized carbons (Fsp3) is 0.400. The summed E-state index contributed by atoms with van der Waals surface area (Å²) >= 11 is 0. The smallest absolute Gasteiger partial charge is 0.251 e. The summed E-state index contributed by atoms with van der Waals surface area (Å²) in [6.45, 7) is 4.52. The van der Waals surface area contributed by atoms with E-state index in [4.69, 9.17) is 4.52 Å². The Labute approximate surface area is 163 Å². The molecular weight excluding hydrogens is 360 g/mol. The van der Waals surface area contributed by atoms with Gasteiger partial charge in [0.25, 0.3) is 5.91 Å². The van der Waals surface area contributed by atoms with Gasteiger partial charge in [-0.25, -0.2) is 0 Å². The third-order valence-electron chi connectivity index (χ3n) is 4.89. The van der Waals surface area contributed by atoms with Gasteiger partial charge in [-0.05, 0) is 38.3 Å². The van der Waals surface area contributed by atoms with Crippen LogP contribution in [0.25, 0.3) is 0 Å². The molecule has 0 radical (unpaired) electrons. The highest BCUT2D eigenvalue weighted by molar-refractivity contribution is 5.97. The largest absolute Gasteiger partial charge is 0.360 e. The van der Waals surface area contributed by atoms with Crippen molar-refractivity contribution in [1.82, 2.24) is 15.4 Å². The van der Waals surface area contributed by atoms with E-state index in [1.54, 1.807) is 30.0 Å². The van der Waals surface area contributed by atoms with Crippen LogP contribution in [0.4, 0.5) is 5.82 Å². The van der Waals surface area contributed by atoms with Crippen molar-refractivity contribution in [2.45, 2.75) is 26.7 Å². The highest BCUT2D eigenvalue weighted by Crippen LogP contribution is 2.19. The first kappa shape index (κ1) is 19.6. The fourth-order valence-corrected chi connectivity index (χ4v) is 3.24. The normalized spacial score (nSPS) is 14.6. The number of benzene rings is 1. The number of likely N-dealkylation sites (tertiary alicyclic amines) is 1. The fourth-order valence-electron chi connectivity index (χ4n) is 3.24. The predicted molar refractivity (Wildman–Crippen MR) is 103 cm³/mol. The maximum atomic E-state index is 12.4. The van der Waals surface area contributed by atoms with Crippen LogP contribution in [-0.2, 0) is 9.59 Å². The molecule has 0 spiro atoms. The molecule has 0 saturated carbocycles. The number of nitrogens with zero attached hydrogens (tertiary/aromatic N) is 2. The van der Waals surface area contributed by atoms with E-state index >= 15 is 0 Å². The zero-order chi connectivity index (χ0) is 20.1. The second kappa shape index (κ2) is 8.69. The first-order chi connectivity index (χ1) is 13.4. The standard InChI is InChI=1S/C20H24N4O4/c1-13-5-3-4-6-16(13)20(27)21-12-18(25)24-9-7-15(8-10-24)19(26)22-17-11-14(2)28-23-17/h3-6,11,15H,7-10,12H2,1-2H3,(H,21,27)(H,22,23,26). The molecule has 1 fully saturated rings. The third-order valence-corrected chi connectivity index (χ3v) is 4.89. The predicted octanol–water partition coefficient (Wildman–Crippen LogP) is 1.90. The summed E-state index contributed by atoms with van der Waals surface area (Å²) in [7, 11) is 0. The maximum Gasteiger partial charge on any atom is 0.251 e. The number of hydrogen-bond acceptors (Lipinski definition) is 5. The summed E-state index contributed by atoms with van der Waals surface area (Å²) < 4.78 is 4.93. The number of hydrogen-bond donors (Lipinski definition) is 2. The van der Waals surface area contributed by atoms with Crippen LogP contribution < -0.4 is 10.6 Å². The van der Waals surface area contributed by atoms with E-state index in [0.29, 0.717) is 43.1 Å². The molecule has 8 heteroatoms. The lowest BCUT2D eigenvalue weighted by molar-refractivity contribution is -0.133. The van der Waals surface area contributed by atoms with E-state index in [1.807, 2.05) is 19.1 Å². The Kier molecular flexibility index (Phi) is 6.08. The summed E-state index contributed by atoms with van der Waals surface area (Å²) in [5.41, 5.74) is 1.43. The SMILES string of the molecule is Cc1cc(NC(=O)C2CCN(C(=O)CNC(=O)c3ccccc3C)CC2)no1. The Balaban J connectivity index is 1.44. The molecule has 2 N–H and O–H groups in total. The van der Waals surface area contributed by atoms with Crippen molar-refractivity contribution in [2.75, 3.05) is 25.0 Å². The zero-order valence-corrected chi connectivity index (χ0v) is 16.0. The molecular formula is C20H24N4O4. The minimum atomic E-state index is -0.261. The minimum Gasteiger partial charge on any atom is -0.360 e. The number of anilines is 1. The molecule has 3 rings (SSSR count). The lowest BCUT2D eigenvalue weighted by atomic mass is 9.96. The topological polar surface area (TPSA) is 105 Å². The molecule has 2 heterocycles. The van der Waals surface area contributed by atoms with Gasteiger partial charge in [0.1, 0.15) is 5.76 Å². The van der Waals surface area contributed by atoms with Crippen LogP contribution in [0, 0.1) is 19.8 Å². The van der Waals surface area contributed by atoms with Gasteiger partial charge in [0, 0.05) is 30.6 Å². The molecule has 1 saturated heterocycles. The van der Waals surface area contributed by atoms with Gasteiger partial charge in [-0.2, -0.15) is 0 Å². The number of aromatic nitrogens is 1. The summed E-state index contributed by atoms with van der Waals surface area (Å²) in [5.74, 6) is 0.329. The van der Waals surface area contributed by atoms with Crippen LogP contribution in [0.5, 0.6) is 0 Å². The molecule has 0 bridgehead atoms. The van der Waals surface area contributed by atoms with E-state index in [9.17, 15) is 14.4 Å². The Morgan fingerprint density at radius 3 is 2.54 bits per heavy atom. The molecule has 0 unspecified atom stereocenters. The molecule has 3 amide bonds. The van der Waals surface area contributed by atoms with Crippen LogP contribution in [0.2, 0.25) is 0 Å². The lowest BCUT2D eigenvalue weighted by Crippen LogP contribution is -2.45. The van der Waals surface area contributed by atoms with Crippen molar-refractivity contribution < 1.29 is 18.9 Å². The van der Waals surface area contributed by atoms with Gasteiger partial charge in [0.05, 0.1) is 6.54 Å². The van der Waals surface area contributed by atoms with E-state index in [2.05, 4.69) is 15.8 Å². The van der Waals surface area contributed by atoms with Crippen LogP contribution in [-0.4, -0.2) is 47.4 Å². The highest BCUT2D eigenvalue weighted by Gasteiger charge is 2.28. The number of piperidine rings is 1. The van der Waals surface area contributed by atoms with E-state index in [1.165, 1.54) is 0 Å². The van der Waals surface area contributed by atoms with Crippen LogP contribution in [0.15, 0.2) is 34.9 Å². The van der Waals surface area contributed by atoms with Gasteiger partial charge in [0.15, 0.2) is 5.82 Å². The Morgan fingerprint density at radius 1 is 1.18 bits per heavy atom. The van der Waals surface area contributed by atoms with Gasteiger partial charge < -0.3 is 20.1 Å². The second-order valence-corrected chi connectivity index (χ2v) is 6.96. The number of amides is 3. The van der Waals surface area contributed by atoms with Crippen molar-refractivity contribution in [1.29, 1.82) is 0 Å². The third kappa shape index (κ3) is 4.76. The Hall–Kier alpha value is -3.16. The van der Waals surface area contributed by atoms with E-state index in [0.717, 1.165) is 5.56 Å². The molecule has 0 atom stereocenters. The zero-order valence-electron chi connectivity index (χ0n) is 16.0. The Morgan fingerprint density at radius 2 is 1.89 bits per heavy atom. The van der Waals surface area contributed by atoms with Gasteiger partial charge >= 0.3 is 0 Å². The second-order valence-electron chi connectivity index (χ2n) is 6.96. The molecule has 148 valence electrons. The van der Waals surface area contributed by atoms with Crippen molar-refractivity contribution >= 4 is 23.5 Å². The summed E-state index contributed by atoms with van der Waals surface area (Å²) in [5, 5.41) is 9.17.